The molecule has 1 heteroatoms. The predicted molar refractivity (Wildman–Crippen MR) is 77.7 cm³/mol. The zero-order chi connectivity index (χ0) is 11.9. The number of benzene rings is 2. The quantitative estimate of drug-likeness (QED) is 0.561. The normalized spacial score (nSPS) is 11.2. The first-order valence-electron chi connectivity index (χ1n) is 5.74. The van der Waals surface area contributed by atoms with Gasteiger partial charge in [-0.1, -0.05) is 88.7 Å². The summed E-state index contributed by atoms with van der Waals surface area (Å²) in [6.45, 7) is 0. The van der Waals surface area contributed by atoms with Gasteiger partial charge in [0.15, 0.2) is 0 Å². The number of rotatable bonds is 4. The number of allylic oxidation sites excluding steroid dienone is 2. The van der Waals surface area contributed by atoms with Gasteiger partial charge in [-0.2, -0.15) is 0 Å². The average Bonchev–Trinajstić information content (AvgIpc) is 2.42. The van der Waals surface area contributed by atoms with E-state index in [4.69, 9.17) is 0 Å². The Morgan fingerprint density at radius 3 is 1.71 bits per heavy atom. The van der Waals surface area contributed by atoms with Crippen LogP contribution in [0.5, 0.6) is 0 Å². The lowest BCUT2D eigenvalue weighted by Crippen LogP contribution is -1.97. The zero-order valence-electron chi connectivity index (χ0n) is 9.59. The van der Waals surface area contributed by atoms with Crippen molar-refractivity contribution in [1.29, 1.82) is 0 Å². The summed E-state index contributed by atoms with van der Waals surface area (Å²) < 4.78 is 0. The number of halogens is 1. The van der Waals surface area contributed by atoms with Gasteiger partial charge in [-0.15, -0.1) is 0 Å². The molecular weight excluding hydrogens is 272 g/mol. The van der Waals surface area contributed by atoms with E-state index < -0.39 is 0 Å². The Morgan fingerprint density at radius 1 is 0.824 bits per heavy atom. The maximum atomic E-state index is 3.44. The monoisotopic (exact) mass is 286 g/mol. The Hall–Kier alpha value is -1.34. The Balaban J connectivity index is 2.36. The molecule has 2 aromatic carbocycles. The van der Waals surface area contributed by atoms with Crippen LogP contribution in [0.3, 0.4) is 0 Å². The lowest BCUT2D eigenvalue weighted by atomic mass is 9.91. The molecule has 0 aromatic heterocycles. The Kier molecular flexibility index (Phi) is 4.57. The van der Waals surface area contributed by atoms with Crippen LogP contribution in [0.4, 0.5) is 0 Å². The van der Waals surface area contributed by atoms with E-state index in [0.29, 0.717) is 5.92 Å². The molecule has 86 valence electrons. The van der Waals surface area contributed by atoms with Crippen LogP contribution >= 0.6 is 15.9 Å². The highest BCUT2D eigenvalue weighted by molar-refractivity contribution is 9.09. The highest BCUT2D eigenvalue weighted by Gasteiger charge is 2.09. The van der Waals surface area contributed by atoms with Crippen LogP contribution in [0.15, 0.2) is 72.8 Å². The minimum absolute atomic E-state index is 0.343. The number of alkyl halides is 1. The predicted octanol–water partition coefficient (Wildman–Crippen LogP) is 4.77. The first kappa shape index (κ1) is 12.1. The van der Waals surface area contributed by atoms with Gasteiger partial charge in [-0.25, -0.2) is 0 Å². The standard InChI is InChI=1S/C16H15Br/c17-13-7-12-16(14-8-3-1-4-9-14)15-10-5-2-6-11-15/h1-12,16H,13H2. The molecule has 0 spiro atoms. The van der Waals surface area contributed by atoms with Gasteiger partial charge in [0.25, 0.3) is 0 Å². The summed E-state index contributed by atoms with van der Waals surface area (Å²) in [7, 11) is 0. The molecule has 2 rings (SSSR count). The second kappa shape index (κ2) is 6.41. The third-order valence-electron chi connectivity index (χ3n) is 2.73. The summed E-state index contributed by atoms with van der Waals surface area (Å²) in [5, 5.41) is 0.892. The molecule has 2 aromatic rings. The van der Waals surface area contributed by atoms with Crippen molar-refractivity contribution in [2.24, 2.45) is 0 Å². The topological polar surface area (TPSA) is 0 Å². The van der Waals surface area contributed by atoms with Crippen LogP contribution in [0.25, 0.3) is 0 Å². The van der Waals surface area contributed by atoms with Gasteiger partial charge in [-0.3, -0.25) is 0 Å². The van der Waals surface area contributed by atoms with Gasteiger partial charge in [0.2, 0.25) is 0 Å². The van der Waals surface area contributed by atoms with Gasteiger partial charge >= 0.3 is 0 Å². The fraction of sp³-hybridized carbons (Fsp3) is 0.125. The molecule has 0 atom stereocenters. The minimum Gasteiger partial charge on any atom is -0.0883 e. The molecule has 0 fully saturated rings. The molecule has 0 aliphatic rings. The van der Waals surface area contributed by atoms with Crippen molar-refractivity contribution in [2.75, 3.05) is 5.33 Å². The average molecular weight is 287 g/mol. The van der Waals surface area contributed by atoms with Crippen LogP contribution in [0, 0.1) is 0 Å². The largest absolute Gasteiger partial charge is 0.0883 e. The third-order valence-corrected chi connectivity index (χ3v) is 3.11. The van der Waals surface area contributed by atoms with E-state index in [1.807, 2.05) is 0 Å². The SMILES string of the molecule is BrCC=CC(c1ccccc1)c1ccccc1. The second-order valence-electron chi connectivity index (χ2n) is 3.88. The van der Waals surface area contributed by atoms with E-state index in [1.165, 1.54) is 11.1 Å². The van der Waals surface area contributed by atoms with Crippen molar-refractivity contribution >= 4 is 15.9 Å². The van der Waals surface area contributed by atoms with Gasteiger partial charge in [-0.05, 0) is 11.1 Å². The van der Waals surface area contributed by atoms with Crippen LogP contribution in [0.1, 0.15) is 17.0 Å². The molecule has 0 unspecified atom stereocenters. The van der Waals surface area contributed by atoms with E-state index in [9.17, 15) is 0 Å². The van der Waals surface area contributed by atoms with E-state index in [0.717, 1.165) is 5.33 Å². The molecule has 0 aliphatic carbocycles. The molecule has 0 saturated carbocycles. The summed E-state index contributed by atoms with van der Waals surface area (Å²) in [6, 6.07) is 21.2. The van der Waals surface area contributed by atoms with E-state index in [1.54, 1.807) is 0 Å². The van der Waals surface area contributed by atoms with Gasteiger partial charge < -0.3 is 0 Å². The molecule has 17 heavy (non-hydrogen) atoms. The van der Waals surface area contributed by atoms with Crippen molar-refractivity contribution in [3.05, 3.63) is 83.9 Å². The van der Waals surface area contributed by atoms with Crippen molar-refractivity contribution < 1.29 is 0 Å². The molecule has 0 radical (unpaired) electrons. The first-order valence-corrected chi connectivity index (χ1v) is 6.86. The number of hydrogen-bond donors (Lipinski definition) is 0. The molecule has 0 nitrogen and oxygen atoms in total. The molecule has 0 aliphatic heterocycles. The van der Waals surface area contributed by atoms with Gasteiger partial charge in [0.05, 0.1) is 0 Å². The molecule has 0 amide bonds. The van der Waals surface area contributed by atoms with Crippen molar-refractivity contribution in [1.82, 2.24) is 0 Å². The maximum absolute atomic E-state index is 3.44. The highest BCUT2D eigenvalue weighted by atomic mass is 79.9. The zero-order valence-corrected chi connectivity index (χ0v) is 11.2. The maximum Gasteiger partial charge on any atom is 0.0269 e. The van der Waals surface area contributed by atoms with E-state index in [-0.39, 0.29) is 0 Å². The van der Waals surface area contributed by atoms with Crippen molar-refractivity contribution in [3.63, 3.8) is 0 Å². The Labute approximate surface area is 111 Å². The molecule has 0 saturated heterocycles. The fourth-order valence-corrected chi connectivity index (χ4v) is 2.14. The molecular formula is C16H15Br. The summed E-state index contributed by atoms with van der Waals surface area (Å²) in [4.78, 5) is 0. The number of hydrogen-bond acceptors (Lipinski definition) is 0. The third kappa shape index (κ3) is 3.31. The van der Waals surface area contributed by atoms with Crippen LogP contribution < -0.4 is 0 Å². The van der Waals surface area contributed by atoms with E-state index in [2.05, 4.69) is 88.7 Å². The smallest absolute Gasteiger partial charge is 0.0269 e. The molecule has 0 N–H and O–H groups in total. The van der Waals surface area contributed by atoms with Crippen LogP contribution in [-0.2, 0) is 0 Å². The van der Waals surface area contributed by atoms with Crippen LogP contribution in [0.2, 0.25) is 0 Å². The van der Waals surface area contributed by atoms with Gasteiger partial charge in [0.1, 0.15) is 0 Å². The minimum atomic E-state index is 0.343. The lowest BCUT2D eigenvalue weighted by molar-refractivity contribution is 1.02. The van der Waals surface area contributed by atoms with Crippen LogP contribution in [-0.4, -0.2) is 5.33 Å². The molecule has 0 bridgehead atoms. The van der Waals surface area contributed by atoms with Crippen molar-refractivity contribution in [3.8, 4) is 0 Å². The Bertz CT molecular complexity index is 420. The summed E-state index contributed by atoms with van der Waals surface area (Å²) in [5.41, 5.74) is 2.66. The second-order valence-corrected chi connectivity index (χ2v) is 4.53. The Morgan fingerprint density at radius 2 is 1.29 bits per heavy atom. The van der Waals surface area contributed by atoms with E-state index >= 15 is 0 Å². The fourth-order valence-electron chi connectivity index (χ4n) is 1.92. The van der Waals surface area contributed by atoms with Crippen molar-refractivity contribution in [2.45, 2.75) is 5.92 Å². The summed E-state index contributed by atoms with van der Waals surface area (Å²) in [6.07, 6.45) is 4.41. The summed E-state index contributed by atoms with van der Waals surface area (Å²) >= 11 is 3.44. The summed E-state index contributed by atoms with van der Waals surface area (Å²) in [5.74, 6) is 0.343. The lowest BCUT2D eigenvalue weighted by Gasteiger charge is -2.13. The highest BCUT2D eigenvalue weighted by Crippen LogP contribution is 2.25. The molecule has 0 heterocycles. The van der Waals surface area contributed by atoms with Gasteiger partial charge in [0, 0.05) is 11.2 Å². The first-order chi connectivity index (χ1) is 8.42.